The van der Waals surface area contributed by atoms with E-state index in [9.17, 15) is 4.79 Å². The van der Waals surface area contributed by atoms with Gasteiger partial charge in [-0.3, -0.25) is 9.79 Å². The number of aryl methyl sites for hydroxylation is 1. The second-order valence-electron chi connectivity index (χ2n) is 6.70. The lowest BCUT2D eigenvalue weighted by atomic mass is 10.1. The first kappa shape index (κ1) is 22.6. The molecule has 0 atom stereocenters. The van der Waals surface area contributed by atoms with Gasteiger partial charge in [-0.1, -0.05) is 24.3 Å². The highest BCUT2D eigenvalue weighted by Gasteiger charge is 2.19. The maximum atomic E-state index is 11.7. The maximum Gasteiger partial charge on any atom is 0.222 e. The SMILES string of the molecule is CN=C(NCCc1csc(C)n1)NCc1ccc(CN2CCCC2=O)cc1.I. The molecule has 28 heavy (non-hydrogen) atoms. The molecule has 1 amide bonds. The number of benzene rings is 1. The summed E-state index contributed by atoms with van der Waals surface area (Å²) in [6.07, 6.45) is 2.56. The highest BCUT2D eigenvalue weighted by Crippen LogP contribution is 2.14. The predicted octanol–water partition coefficient (Wildman–Crippen LogP) is 3.10. The lowest BCUT2D eigenvalue weighted by Crippen LogP contribution is -2.37. The van der Waals surface area contributed by atoms with E-state index in [0.717, 1.165) is 42.6 Å². The summed E-state index contributed by atoms with van der Waals surface area (Å²) in [5, 5.41) is 9.86. The first-order chi connectivity index (χ1) is 13.1. The van der Waals surface area contributed by atoms with Crippen molar-refractivity contribution in [1.29, 1.82) is 0 Å². The van der Waals surface area contributed by atoms with E-state index in [-0.39, 0.29) is 29.9 Å². The maximum absolute atomic E-state index is 11.7. The van der Waals surface area contributed by atoms with Gasteiger partial charge >= 0.3 is 0 Å². The van der Waals surface area contributed by atoms with Crippen molar-refractivity contribution < 1.29 is 4.79 Å². The van der Waals surface area contributed by atoms with E-state index in [0.29, 0.717) is 19.5 Å². The molecule has 0 spiro atoms. The topological polar surface area (TPSA) is 69.6 Å². The van der Waals surface area contributed by atoms with Crippen LogP contribution in [-0.2, 0) is 24.3 Å². The Kier molecular flexibility index (Phi) is 9.17. The van der Waals surface area contributed by atoms with Crippen LogP contribution in [0.25, 0.3) is 0 Å². The number of hydrogen-bond acceptors (Lipinski definition) is 4. The average Bonchev–Trinajstić information content (AvgIpc) is 3.27. The number of carbonyl (C=O) groups excluding carboxylic acids is 1. The molecule has 1 fully saturated rings. The van der Waals surface area contributed by atoms with Crippen molar-refractivity contribution in [2.24, 2.45) is 4.99 Å². The Balaban J connectivity index is 0.00000280. The summed E-state index contributed by atoms with van der Waals surface area (Å²) in [6.45, 7) is 5.12. The highest BCUT2D eigenvalue weighted by molar-refractivity contribution is 14.0. The van der Waals surface area contributed by atoms with Crippen LogP contribution in [0, 0.1) is 6.92 Å². The first-order valence-corrected chi connectivity index (χ1v) is 10.2. The number of carbonyl (C=O) groups is 1. The van der Waals surface area contributed by atoms with Crippen LogP contribution in [0.2, 0.25) is 0 Å². The smallest absolute Gasteiger partial charge is 0.222 e. The molecule has 152 valence electrons. The molecule has 1 saturated heterocycles. The highest BCUT2D eigenvalue weighted by atomic mass is 127. The van der Waals surface area contributed by atoms with Gasteiger partial charge in [-0.25, -0.2) is 4.98 Å². The lowest BCUT2D eigenvalue weighted by Gasteiger charge is -2.16. The van der Waals surface area contributed by atoms with Crippen molar-refractivity contribution in [3.8, 4) is 0 Å². The van der Waals surface area contributed by atoms with Crippen LogP contribution in [0.4, 0.5) is 0 Å². The summed E-state index contributed by atoms with van der Waals surface area (Å²) in [5.41, 5.74) is 3.48. The number of rotatable bonds is 7. The zero-order valence-electron chi connectivity index (χ0n) is 16.4. The lowest BCUT2D eigenvalue weighted by molar-refractivity contribution is -0.128. The fourth-order valence-corrected chi connectivity index (χ4v) is 3.74. The standard InChI is InChI=1S/C20H27N5OS.HI/c1-15-24-18(14-27-15)9-10-22-20(21-2)23-12-16-5-7-17(8-6-16)13-25-11-3-4-19(25)26;/h5-8,14H,3-4,9-13H2,1-2H3,(H2,21,22,23);1H. The van der Waals surface area contributed by atoms with Gasteiger partial charge < -0.3 is 15.5 Å². The second-order valence-corrected chi connectivity index (χ2v) is 7.76. The Morgan fingerprint density at radius 1 is 1.25 bits per heavy atom. The van der Waals surface area contributed by atoms with E-state index in [1.807, 2.05) is 11.8 Å². The molecule has 2 heterocycles. The van der Waals surface area contributed by atoms with E-state index in [2.05, 4.69) is 50.3 Å². The molecule has 8 heteroatoms. The van der Waals surface area contributed by atoms with E-state index in [1.165, 1.54) is 11.1 Å². The van der Waals surface area contributed by atoms with Gasteiger partial charge in [0.15, 0.2) is 5.96 Å². The van der Waals surface area contributed by atoms with Gasteiger partial charge in [0, 0.05) is 51.4 Å². The molecular weight excluding hydrogens is 485 g/mol. The summed E-state index contributed by atoms with van der Waals surface area (Å²) in [7, 11) is 1.78. The van der Waals surface area contributed by atoms with Crippen molar-refractivity contribution in [3.05, 3.63) is 51.5 Å². The molecule has 1 aliphatic rings. The molecule has 2 N–H and O–H groups in total. The van der Waals surface area contributed by atoms with E-state index < -0.39 is 0 Å². The number of nitrogens with one attached hydrogen (secondary N) is 2. The predicted molar refractivity (Wildman–Crippen MR) is 125 cm³/mol. The number of aliphatic imine (C=N–C) groups is 1. The molecule has 0 unspecified atom stereocenters. The molecule has 3 rings (SSSR count). The van der Waals surface area contributed by atoms with Crippen molar-refractivity contribution in [3.63, 3.8) is 0 Å². The van der Waals surface area contributed by atoms with Crippen molar-refractivity contribution in [2.75, 3.05) is 20.1 Å². The van der Waals surface area contributed by atoms with E-state index in [1.54, 1.807) is 18.4 Å². The van der Waals surface area contributed by atoms with Crippen molar-refractivity contribution in [2.45, 2.75) is 39.3 Å². The number of aromatic nitrogens is 1. The third-order valence-electron chi connectivity index (χ3n) is 4.59. The second kappa shape index (κ2) is 11.4. The Morgan fingerprint density at radius 3 is 2.61 bits per heavy atom. The molecule has 1 aliphatic heterocycles. The van der Waals surface area contributed by atoms with Crippen LogP contribution < -0.4 is 10.6 Å². The molecule has 0 bridgehead atoms. The summed E-state index contributed by atoms with van der Waals surface area (Å²) in [4.78, 5) is 22.4. The van der Waals surface area contributed by atoms with Crippen molar-refractivity contribution >= 4 is 47.2 Å². The summed E-state index contributed by atoms with van der Waals surface area (Å²) >= 11 is 1.68. The zero-order valence-corrected chi connectivity index (χ0v) is 19.5. The normalized spacial score (nSPS) is 14.1. The van der Waals surface area contributed by atoms with Gasteiger partial charge in [0.2, 0.25) is 5.91 Å². The number of likely N-dealkylation sites (tertiary alicyclic amines) is 1. The number of thiazole rings is 1. The number of halogens is 1. The van der Waals surface area contributed by atoms with Gasteiger partial charge in [-0.2, -0.15) is 0 Å². The van der Waals surface area contributed by atoms with Gasteiger partial charge in [-0.15, -0.1) is 35.3 Å². The third kappa shape index (κ3) is 6.73. The van der Waals surface area contributed by atoms with Crippen LogP contribution in [0.5, 0.6) is 0 Å². The molecule has 0 aliphatic carbocycles. The fraction of sp³-hybridized carbons (Fsp3) is 0.450. The van der Waals surface area contributed by atoms with E-state index in [4.69, 9.17) is 0 Å². The zero-order chi connectivity index (χ0) is 19.1. The molecular formula is C20H28IN5OS. The van der Waals surface area contributed by atoms with Gasteiger partial charge in [0.1, 0.15) is 0 Å². The number of guanidine groups is 1. The quantitative estimate of drug-likeness (QED) is 0.339. The molecule has 0 radical (unpaired) electrons. The summed E-state index contributed by atoms with van der Waals surface area (Å²) < 4.78 is 0. The molecule has 1 aromatic carbocycles. The minimum Gasteiger partial charge on any atom is -0.356 e. The minimum absolute atomic E-state index is 0. The summed E-state index contributed by atoms with van der Waals surface area (Å²) in [5.74, 6) is 1.05. The number of nitrogens with zero attached hydrogens (tertiary/aromatic N) is 3. The van der Waals surface area contributed by atoms with Crippen LogP contribution in [-0.4, -0.2) is 41.9 Å². The monoisotopic (exact) mass is 513 g/mol. The minimum atomic E-state index is 0. The Morgan fingerprint density at radius 2 is 2.00 bits per heavy atom. The number of hydrogen-bond donors (Lipinski definition) is 2. The Bertz CT molecular complexity index is 790. The van der Waals surface area contributed by atoms with E-state index >= 15 is 0 Å². The number of amides is 1. The van der Waals surface area contributed by atoms with Crippen LogP contribution in [0.15, 0.2) is 34.6 Å². The van der Waals surface area contributed by atoms with Crippen LogP contribution in [0.1, 0.15) is 34.7 Å². The van der Waals surface area contributed by atoms with Gasteiger partial charge in [0.25, 0.3) is 0 Å². The molecule has 6 nitrogen and oxygen atoms in total. The average molecular weight is 513 g/mol. The van der Waals surface area contributed by atoms with Crippen LogP contribution in [0.3, 0.4) is 0 Å². The van der Waals surface area contributed by atoms with Gasteiger partial charge in [-0.05, 0) is 24.5 Å². The Labute approximate surface area is 187 Å². The summed E-state index contributed by atoms with van der Waals surface area (Å²) in [6, 6.07) is 8.41. The third-order valence-corrected chi connectivity index (χ3v) is 5.41. The molecule has 2 aromatic rings. The fourth-order valence-electron chi connectivity index (χ4n) is 3.09. The largest absolute Gasteiger partial charge is 0.356 e. The Hall–Kier alpha value is -1.68. The first-order valence-electron chi connectivity index (χ1n) is 9.35. The molecule has 0 saturated carbocycles. The van der Waals surface area contributed by atoms with Crippen molar-refractivity contribution in [1.82, 2.24) is 20.5 Å². The molecule has 1 aromatic heterocycles. The van der Waals surface area contributed by atoms with Crippen LogP contribution >= 0.6 is 35.3 Å². The van der Waals surface area contributed by atoms with Gasteiger partial charge in [0.05, 0.1) is 10.7 Å².